The fourth-order valence-electron chi connectivity index (χ4n) is 1.73. The maximum absolute atomic E-state index is 11.5. The van der Waals surface area contributed by atoms with Crippen LogP contribution in [0.15, 0.2) is 15.9 Å². The van der Waals surface area contributed by atoms with Crippen molar-refractivity contribution in [2.24, 2.45) is 5.73 Å². The average molecular weight is 334 g/mol. The van der Waals surface area contributed by atoms with E-state index >= 15 is 0 Å². The number of likely N-dealkylation sites (N-methyl/N-ethyl adjacent to an activating group) is 1. The molecule has 6 heteroatoms. The van der Waals surface area contributed by atoms with Crippen molar-refractivity contribution in [3.8, 4) is 0 Å². The van der Waals surface area contributed by atoms with Crippen molar-refractivity contribution in [3.63, 3.8) is 0 Å². The standard InChI is InChI=1S/C12H20BrN3OS/c1-3-16(4-2)6-5-15-11(12(14)17)10-7-9(13)8-18-10/h7-8,11,15H,3-6H2,1-2H3,(H2,14,17). The van der Waals surface area contributed by atoms with Crippen LogP contribution in [0.2, 0.25) is 0 Å². The summed E-state index contributed by atoms with van der Waals surface area (Å²) < 4.78 is 0.985. The summed E-state index contributed by atoms with van der Waals surface area (Å²) in [4.78, 5) is 14.7. The fraction of sp³-hybridized carbons (Fsp3) is 0.583. The van der Waals surface area contributed by atoms with Gasteiger partial charge in [-0.1, -0.05) is 13.8 Å². The van der Waals surface area contributed by atoms with Crippen LogP contribution in [0.1, 0.15) is 24.8 Å². The molecule has 18 heavy (non-hydrogen) atoms. The Morgan fingerprint density at radius 2 is 2.22 bits per heavy atom. The smallest absolute Gasteiger partial charge is 0.239 e. The van der Waals surface area contributed by atoms with Crippen molar-refractivity contribution in [2.45, 2.75) is 19.9 Å². The van der Waals surface area contributed by atoms with Crippen molar-refractivity contribution in [1.29, 1.82) is 0 Å². The molecular formula is C12H20BrN3OS. The zero-order chi connectivity index (χ0) is 13.5. The van der Waals surface area contributed by atoms with Crippen molar-refractivity contribution in [2.75, 3.05) is 26.2 Å². The van der Waals surface area contributed by atoms with Gasteiger partial charge in [-0.2, -0.15) is 0 Å². The van der Waals surface area contributed by atoms with Gasteiger partial charge in [0.15, 0.2) is 0 Å². The Morgan fingerprint density at radius 3 is 2.67 bits per heavy atom. The highest BCUT2D eigenvalue weighted by atomic mass is 79.9. The highest BCUT2D eigenvalue weighted by Gasteiger charge is 2.18. The molecule has 0 aromatic carbocycles. The first-order chi connectivity index (χ1) is 8.58. The van der Waals surface area contributed by atoms with E-state index in [0.29, 0.717) is 0 Å². The predicted molar refractivity (Wildman–Crippen MR) is 79.7 cm³/mol. The maximum Gasteiger partial charge on any atom is 0.239 e. The fourth-order valence-corrected chi connectivity index (χ4v) is 3.25. The van der Waals surface area contributed by atoms with Crippen LogP contribution in [-0.4, -0.2) is 37.0 Å². The third-order valence-electron chi connectivity index (χ3n) is 2.83. The second-order valence-electron chi connectivity index (χ2n) is 3.98. The molecule has 0 saturated heterocycles. The molecule has 0 saturated carbocycles. The predicted octanol–water partition coefficient (Wildman–Crippen LogP) is 1.97. The Morgan fingerprint density at radius 1 is 1.56 bits per heavy atom. The number of primary amides is 1. The monoisotopic (exact) mass is 333 g/mol. The van der Waals surface area contributed by atoms with Gasteiger partial charge in [0.2, 0.25) is 5.91 Å². The number of rotatable bonds is 8. The molecule has 0 bridgehead atoms. The van der Waals surface area contributed by atoms with Gasteiger partial charge in [-0.3, -0.25) is 4.79 Å². The summed E-state index contributed by atoms with van der Waals surface area (Å²) in [5.41, 5.74) is 5.44. The van der Waals surface area contributed by atoms with Gasteiger partial charge in [0.1, 0.15) is 6.04 Å². The summed E-state index contributed by atoms with van der Waals surface area (Å²) in [5, 5.41) is 5.18. The summed E-state index contributed by atoms with van der Waals surface area (Å²) in [5.74, 6) is -0.330. The molecule has 0 spiro atoms. The van der Waals surface area contributed by atoms with Crippen LogP contribution in [-0.2, 0) is 4.79 Å². The second-order valence-corrected chi connectivity index (χ2v) is 5.84. The van der Waals surface area contributed by atoms with E-state index in [1.54, 1.807) is 0 Å². The van der Waals surface area contributed by atoms with E-state index < -0.39 is 6.04 Å². The third kappa shape index (κ3) is 4.68. The van der Waals surface area contributed by atoms with E-state index in [1.165, 1.54) is 11.3 Å². The number of carbonyl (C=O) groups is 1. The second kappa shape index (κ2) is 7.89. The first-order valence-corrected chi connectivity index (χ1v) is 7.74. The topological polar surface area (TPSA) is 58.4 Å². The van der Waals surface area contributed by atoms with Gasteiger partial charge in [0, 0.05) is 27.8 Å². The Kier molecular flexibility index (Phi) is 6.85. The number of nitrogens with one attached hydrogen (secondary N) is 1. The Bertz CT molecular complexity index is 379. The van der Waals surface area contributed by atoms with Gasteiger partial charge in [-0.15, -0.1) is 11.3 Å². The van der Waals surface area contributed by atoms with Gasteiger partial charge < -0.3 is 16.0 Å². The van der Waals surface area contributed by atoms with E-state index in [0.717, 1.165) is 35.5 Å². The zero-order valence-electron chi connectivity index (χ0n) is 10.8. The van der Waals surface area contributed by atoms with Crippen LogP contribution in [0.25, 0.3) is 0 Å². The molecular weight excluding hydrogens is 314 g/mol. The molecule has 0 radical (unpaired) electrons. The van der Waals surface area contributed by atoms with Crippen molar-refractivity contribution >= 4 is 33.2 Å². The van der Waals surface area contributed by atoms with E-state index in [9.17, 15) is 4.79 Å². The zero-order valence-corrected chi connectivity index (χ0v) is 13.2. The van der Waals surface area contributed by atoms with Crippen LogP contribution >= 0.6 is 27.3 Å². The van der Waals surface area contributed by atoms with Crippen molar-refractivity contribution < 1.29 is 4.79 Å². The molecule has 0 fully saturated rings. The lowest BCUT2D eigenvalue weighted by Gasteiger charge is -2.20. The third-order valence-corrected chi connectivity index (χ3v) is 4.59. The van der Waals surface area contributed by atoms with Gasteiger partial charge in [0.25, 0.3) is 0 Å². The molecule has 0 aliphatic carbocycles. The van der Waals surface area contributed by atoms with E-state index in [-0.39, 0.29) is 5.91 Å². The number of thiophene rings is 1. The van der Waals surface area contributed by atoms with Gasteiger partial charge in [-0.25, -0.2) is 0 Å². The van der Waals surface area contributed by atoms with Crippen LogP contribution < -0.4 is 11.1 Å². The Balaban J connectivity index is 2.52. The Labute approximate surface area is 121 Å². The van der Waals surface area contributed by atoms with Crippen LogP contribution in [0.5, 0.6) is 0 Å². The molecule has 1 unspecified atom stereocenters. The number of nitrogens with zero attached hydrogens (tertiary/aromatic N) is 1. The van der Waals surface area contributed by atoms with Crippen LogP contribution in [0, 0.1) is 0 Å². The Hall–Kier alpha value is -0.430. The molecule has 1 heterocycles. The van der Waals surface area contributed by atoms with Gasteiger partial charge in [-0.05, 0) is 35.1 Å². The van der Waals surface area contributed by atoms with Crippen LogP contribution in [0.3, 0.4) is 0 Å². The SMILES string of the molecule is CCN(CC)CCNC(C(N)=O)c1cc(Br)cs1. The maximum atomic E-state index is 11.5. The highest BCUT2D eigenvalue weighted by Crippen LogP contribution is 2.25. The van der Waals surface area contributed by atoms with Gasteiger partial charge in [0.05, 0.1) is 0 Å². The molecule has 4 nitrogen and oxygen atoms in total. The first kappa shape index (κ1) is 15.6. The quantitative estimate of drug-likeness (QED) is 0.764. The average Bonchev–Trinajstić information content (AvgIpc) is 2.75. The molecule has 0 aliphatic rings. The molecule has 3 N–H and O–H groups in total. The van der Waals surface area contributed by atoms with Crippen molar-refractivity contribution in [1.82, 2.24) is 10.2 Å². The number of carbonyl (C=O) groups excluding carboxylic acids is 1. The van der Waals surface area contributed by atoms with Crippen LogP contribution in [0.4, 0.5) is 0 Å². The summed E-state index contributed by atoms with van der Waals surface area (Å²) in [7, 11) is 0. The summed E-state index contributed by atoms with van der Waals surface area (Å²) >= 11 is 4.92. The first-order valence-electron chi connectivity index (χ1n) is 6.07. The van der Waals surface area contributed by atoms with Gasteiger partial charge >= 0.3 is 0 Å². The minimum Gasteiger partial charge on any atom is -0.368 e. The lowest BCUT2D eigenvalue weighted by atomic mass is 10.2. The largest absolute Gasteiger partial charge is 0.368 e. The molecule has 1 atom stereocenters. The molecule has 0 aliphatic heterocycles. The minimum atomic E-state index is -0.392. The van der Waals surface area contributed by atoms with Crippen molar-refractivity contribution in [3.05, 3.63) is 20.8 Å². The number of hydrogen-bond donors (Lipinski definition) is 2. The summed E-state index contributed by atoms with van der Waals surface area (Å²) in [6.07, 6.45) is 0. The number of amides is 1. The highest BCUT2D eigenvalue weighted by molar-refractivity contribution is 9.10. The molecule has 1 aromatic rings. The summed E-state index contributed by atoms with van der Waals surface area (Å²) in [6, 6.07) is 1.54. The molecule has 1 rings (SSSR count). The normalized spacial score (nSPS) is 12.9. The number of hydrogen-bond acceptors (Lipinski definition) is 4. The molecule has 1 amide bonds. The number of nitrogens with two attached hydrogens (primary N) is 1. The lowest BCUT2D eigenvalue weighted by Crippen LogP contribution is -2.38. The summed E-state index contributed by atoms with van der Waals surface area (Å²) in [6.45, 7) is 7.97. The molecule has 102 valence electrons. The minimum absolute atomic E-state index is 0.330. The van der Waals surface area contributed by atoms with E-state index in [4.69, 9.17) is 5.73 Å². The lowest BCUT2D eigenvalue weighted by molar-refractivity contribution is -0.120. The number of halogens is 1. The van der Waals surface area contributed by atoms with E-state index in [2.05, 4.69) is 40.0 Å². The van der Waals surface area contributed by atoms with E-state index in [1.807, 2.05) is 11.4 Å². The molecule has 1 aromatic heterocycles.